The molecule has 1 fully saturated rings. The van der Waals surface area contributed by atoms with Gasteiger partial charge in [-0.05, 0) is 55.3 Å². The number of hydrogen-bond donors (Lipinski definition) is 2. The van der Waals surface area contributed by atoms with Crippen molar-refractivity contribution in [1.82, 2.24) is 15.0 Å². The van der Waals surface area contributed by atoms with Gasteiger partial charge >= 0.3 is 0 Å². The lowest BCUT2D eigenvalue weighted by Crippen LogP contribution is -2.47. The Labute approximate surface area is 192 Å². The lowest BCUT2D eigenvalue weighted by atomic mass is 10.1. The van der Waals surface area contributed by atoms with Crippen LogP contribution in [0.2, 0.25) is 5.02 Å². The normalized spacial score (nSPS) is 13.8. The number of aromatic nitrogens is 3. The maximum atomic E-state index is 11.4. The fourth-order valence-corrected chi connectivity index (χ4v) is 3.82. The molecule has 166 valence electrons. The van der Waals surface area contributed by atoms with Crippen LogP contribution in [0.5, 0.6) is 0 Å². The Kier molecular flexibility index (Phi) is 6.41. The highest BCUT2D eigenvalue weighted by Crippen LogP contribution is 2.26. The summed E-state index contributed by atoms with van der Waals surface area (Å²) in [5.41, 5.74) is 4.76. The summed E-state index contributed by atoms with van der Waals surface area (Å²) in [6.45, 7) is 8.80. The molecule has 1 amide bonds. The lowest BCUT2D eigenvalue weighted by Gasteiger charge is -2.36. The maximum absolute atomic E-state index is 11.4. The average Bonchev–Trinajstić information content (AvgIpc) is 2.78. The topological polar surface area (TPSA) is 86.3 Å². The van der Waals surface area contributed by atoms with Gasteiger partial charge in [0.25, 0.3) is 0 Å². The number of anilines is 5. The molecule has 4 rings (SSSR count). The van der Waals surface area contributed by atoms with Crippen molar-refractivity contribution >= 4 is 46.5 Å². The number of amides is 1. The van der Waals surface area contributed by atoms with Crippen molar-refractivity contribution in [3.05, 3.63) is 58.9 Å². The third-order valence-corrected chi connectivity index (χ3v) is 5.94. The number of nitrogens with zero attached hydrogens (tertiary/aromatic N) is 5. The van der Waals surface area contributed by atoms with E-state index in [1.165, 1.54) is 18.9 Å². The third kappa shape index (κ3) is 4.91. The van der Waals surface area contributed by atoms with Crippen LogP contribution in [0.15, 0.2) is 42.7 Å². The van der Waals surface area contributed by atoms with Crippen molar-refractivity contribution in [1.29, 1.82) is 0 Å². The molecule has 0 atom stereocenters. The van der Waals surface area contributed by atoms with Crippen LogP contribution in [0.1, 0.15) is 18.1 Å². The Morgan fingerprint density at radius 1 is 1.00 bits per heavy atom. The number of piperazine rings is 1. The van der Waals surface area contributed by atoms with E-state index in [4.69, 9.17) is 11.6 Å². The van der Waals surface area contributed by atoms with Crippen molar-refractivity contribution in [2.45, 2.75) is 20.8 Å². The number of carbonyl (C=O) groups is 1. The van der Waals surface area contributed by atoms with E-state index < -0.39 is 0 Å². The SMILES string of the molecule is CC(=O)Nc1cccc(Nc2ncnc(N3CCN(c4ccc(Cl)c(C)c4)CC3)n2)c1C. The minimum Gasteiger partial charge on any atom is -0.368 e. The van der Waals surface area contributed by atoms with Crippen molar-refractivity contribution in [3.63, 3.8) is 0 Å². The fourth-order valence-electron chi connectivity index (χ4n) is 3.71. The molecule has 0 spiro atoms. The largest absolute Gasteiger partial charge is 0.368 e. The number of rotatable bonds is 5. The molecule has 0 unspecified atom stereocenters. The van der Waals surface area contributed by atoms with E-state index in [0.717, 1.165) is 53.7 Å². The minimum atomic E-state index is -0.111. The van der Waals surface area contributed by atoms with Gasteiger partial charge in [-0.2, -0.15) is 4.98 Å². The first kappa shape index (κ1) is 21.8. The van der Waals surface area contributed by atoms with Crippen molar-refractivity contribution < 1.29 is 4.79 Å². The molecule has 3 aromatic rings. The second-order valence-electron chi connectivity index (χ2n) is 7.80. The number of benzene rings is 2. The quantitative estimate of drug-likeness (QED) is 0.602. The van der Waals surface area contributed by atoms with Crippen LogP contribution in [0.25, 0.3) is 0 Å². The summed E-state index contributed by atoms with van der Waals surface area (Å²) in [7, 11) is 0. The molecule has 0 bridgehead atoms. The Morgan fingerprint density at radius 2 is 1.72 bits per heavy atom. The van der Waals surface area contributed by atoms with Crippen molar-refractivity contribution in [2.24, 2.45) is 0 Å². The zero-order chi connectivity index (χ0) is 22.7. The van der Waals surface area contributed by atoms with Gasteiger partial charge in [0.1, 0.15) is 6.33 Å². The molecule has 0 aliphatic carbocycles. The van der Waals surface area contributed by atoms with E-state index >= 15 is 0 Å². The van der Waals surface area contributed by atoms with E-state index in [9.17, 15) is 4.79 Å². The first-order chi connectivity index (χ1) is 15.4. The van der Waals surface area contributed by atoms with Crippen LogP contribution >= 0.6 is 11.6 Å². The van der Waals surface area contributed by atoms with Crippen LogP contribution in [-0.2, 0) is 4.79 Å². The number of nitrogens with one attached hydrogen (secondary N) is 2. The van der Waals surface area contributed by atoms with Crippen LogP contribution in [0, 0.1) is 13.8 Å². The summed E-state index contributed by atoms with van der Waals surface area (Å²) in [5.74, 6) is 1.000. The first-order valence-electron chi connectivity index (χ1n) is 10.5. The van der Waals surface area contributed by atoms with Gasteiger partial charge in [-0.1, -0.05) is 17.7 Å². The van der Waals surface area contributed by atoms with Crippen LogP contribution < -0.4 is 20.4 Å². The first-order valence-corrected chi connectivity index (χ1v) is 10.9. The molecule has 2 heterocycles. The lowest BCUT2D eigenvalue weighted by molar-refractivity contribution is -0.114. The van der Waals surface area contributed by atoms with Gasteiger partial charge in [0.15, 0.2) is 0 Å². The third-order valence-electron chi connectivity index (χ3n) is 5.52. The Morgan fingerprint density at radius 3 is 2.44 bits per heavy atom. The molecule has 8 nitrogen and oxygen atoms in total. The molecule has 2 aromatic carbocycles. The Bertz CT molecular complexity index is 1130. The van der Waals surface area contributed by atoms with Crippen LogP contribution in [0.3, 0.4) is 0 Å². The highest BCUT2D eigenvalue weighted by atomic mass is 35.5. The molecular formula is C23H26ClN7O. The van der Waals surface area contributed by atoms with E-state index in [1.807, 2.05) is 38.1 Å². The number of carbonyl (C=O) groups excluding carboxylic acids is 1. The van der Waals surface area contributed by atoms with Gasteiger partial charge in [-0.25, -0.2) is 9.97 Å². The fraction of sp³-hybridized carbons (Fsp3) is 0.304. The van der Waals surface area contributed by atoms with E-state index in [1.54, 1.807) is 0 Å². The van der Waals surface area contributed by atoms with E-state index in [-0.39, 0.29) is 5.91 Å². The number of hydrogen-bond acceptors (Lipinski definition) is 7. The standard InChI is InChI=1S/C23H26ClN7O/c1-15-13-18(7-8-19(15)24)30-9-11-31(12-10-30)23-26-14-25-22(29-23)28-21-6-4-5-20(16(21)2)27-17(3)32/h4-8,13-14H,9-12H2,1-3H3,(H,27,32)(H,25,26,28,29). The van der Waals surface area contributed by atoms with Gasteiger partial charge in [-0.15, -0.1) is 0 Å². The van der Waals surface area contributed by atoms with Crippen molar-refractivity contribution in [2.75, 3.05) is 46.6 Å². The Balaban J connectivity index is 1.44. The summed E-state index contributed by atoms with van der Waals surface area (Å²) < 4.78 is 0. The highest BCUT2D eigenvalue weighted by Gasteiger charge is 2.20. The predicted octanol–water partition coefficient (Wildman–Crippen LogP) is 4.17. The molecule has 1 aliphatic heterocycles. The second kappa shape index (κ2) is 9.40. The zero-order valence-corrected chi connectivity index (χ0v) is 19.1. The van der Waals surface area contributed by atoms with Gasteiger partial charge < -0.3 is 20.4 Å². The van der Waals surface area contributed by atoms with Gasteiger partial charge in [-0.3, -0.25) is 4.79 Å². The van der Waals surface area contributed by atoms with Crippen molar-refractivity contribution in [3.8, 4) is 0 Å². The smallest absolute Gasteiger partial charge is 0.232 e. The molecular weight excluding hydrogens is 426 g/mol. The number of halogens is 1. The molecule has 0 saturated carbocycles. The van der Waals surface area contributed by atoms with Crippen LogP contribution in [0.4, 0.5) is 29.0 Å². The summed E-state index contributed by atoms with van der Waals surface area (Å²) >= 11 is 6.16. The molecule has 32 heavy (non-hydrogen) atoms. The molecule has 1 aromatic heterocycles. The van der Waals surface area contributed by atoms with Gasteiger partial charge in [0.2, 0.25) is 17.8 Å². The van der Waals surface area contributed by atoms with Crippen LogP contribution in [-0.4, -0.2) is 47.0 Å². The minimum absolute atomic E-state index is 0.111. The average molecular weight is 452 g/mol. The van der Waals surface area contributed by atoms with Gasteiger partial charge in [0.05, 0.1) is 0 Å². The summed E-state index contributed by atoms with van der Waals surface area (Å²) in [5, 5.41) is 6.87. The zero-order valence-electron chi connectivity index (χ0n) is 18.4. The van der Waals surface area contributed by atoms with E-state index in [0.29, 0.717) is 11.9 Å². The Hall–Kier alpha value is -3.39. The molecule has 2 N–H and O–H groups in total. The monoisotopic (exact) mass is 451 g/mol. The van der Waals surface area contributed by atoms with Gasteiger partial charge in [0, 0.05) is 55.2 Å². The molecule has 9 heteroatoms. The second-order valence-corrected chi connectivity index (χ2v) is 8.21. The molecule has 1 saturated heterocycles. The summed E-state index contributed by atoms with van der Waals surface area (Å²) in [6, 6.07) is 11.8. The molecule has 0 radical (unpaired) electrons. The summed E-state index contributed by atoms with van der Waals surface area (Å²) in [6.07, 6.45) is 1.52. The maximum Gasteiger partial charge on any atom is 0.232 e. The number of aryl methyl sites for hydroxylation is 1. The predicted molar refractivity (Wildman–Crippen MR) is 129 cm³/mol. The summed E-state index contributed by atoms with van der Waals surface area (Å²) in [4.78, 5) is 29.2. The highest BCUT2D eigenvalue weighted by molar-refractivity contribution is 6.31. The van der Waals surface area contributed by atoms with E-state index in [2.05, 4.69) is 47.5 Å². The molecule has 1 aliphatic rings.